The summed E-state index contributed by atoms with van der Waals surface area (Å²) in [7, 11) is 0. The molecule has 0 N–H and O–H groups in total. The van der Waals surface area contributed by atoms with Crippen LogP contribution in [0.15, 0.2) is 0 Å². The van der Waals surface area contributed by atoms with Gasteiger partial charge in [-0.25, -0.2) is 0 Å². The number of unbranched alkanes of at least 4 members (excludes halogenated alkanes) is 7. The number of benzene rings is 2. The van der Waals surface area contributed by atoms with Crippen molar-refractivity contribution in [3.05, 3.63) is 55.6 Å². The SMILES string of the molecule is CC(=O)OCc1c(C)c(COC(C)=O)c(C)c(OCCCCCCCCCCOc2c(C)c(COC(C)=O)c(C)c(COC(C)=O)c2C)c1C. The number of carbonyl (C=O) groups excluding carboxylic acids is 4. The van der Waals surface area contributed by atoms with Crippen LogP contribution in [-0.4, -0.2) is 37.1 Å². The Bertz CT molecular complexity index is 1290. The Kier molecular flexibility index (Phi) is 17.9. The molecule has 0 amide bonds. The van der Waals surface area contributed by atoms with Gasteiger partial charge in [0.25, 0.3) is 0 Å². The van der Waals surface area contributed by atoms with E-state index in [9.17, 15) is 19.2 Å². The number of ether oxygens (including phenoxy) is 6. The summed E-state index contributed by atoms with van der Waals surface area (Å²) in [5, 5.41) is 0. The largest absolute Gasteiger partial charge is 0.493 e. The lowest BCUT2D eigenvalue weighted by Gasteiger charge is -2.22. The van der Waals surface area contributed by atoms with Crippen LogP contribution < -0.4 is 9.47 Å². The van der Waals surface area contributed by atoms with Crippen molar-refractivity contribution in [2.45, 2.75) is 147 Å². The zero-order valence-electron chi connectivity index (χ0n) is 32.0. The van der Waals surface area contributed by atoms with Crippen molar-refractivity contribution in [1.82, 2.24) is 0 Å². The summed E-state index contributed by atoms with van der Waals surface area (Å²) in [5.74, 6) is 0.117. The standard InChI is InChI=1S/C40H58O10/c1-25-35(21-47-31(7)41)27(3)39(28(4)36(25)22-48-32(8)42)45-19-17-15-13-11-12-14-16-18-20-46-40-29(5)37(23-49-33(9)43)26(2)38(30(40)6)24-50-34(10)44/h11-24H2,1-10H3. The molecule has 0 saturated carbocycles. The summed E-state index contributed by atoms with van der Waals surface area (Å²) in [6.07, 6.45) is 8.52. The highest BCUT2D eigenvalue weighted by molar-refractivity contribution is 5.68. The highest BCUT2D eigenvalue weighted by Gasteiger charge is 2.21. The Labute approximate surface area is 298 Å². The van der Waals surface area contributed by atoms with Gasteiger partial charge >= 0.3 is 23.9 Å². The van der Waals surface area contributed by atoms with E-state index in [2.05, 4.69) is 0 Å². The molecule has 0 saturated heterocycles. The molecule has 0 aromatic heterocycles. The van der Waals surface area contributed by atoms with E-state index >= 15 is 0 Å². The summed E-state index contributed by atoms with van der Waals surface area (Å²) in [4.78, 5) is 46.0. The second-order valence-corrected chi connectivity index (χ2v) is 13.0. The molecule has 0 spiro atoms. The molecular weight excluding hydrogens is 640 g/mol. The van der Waals surface area contributed by atoms with Crippen LogP contribution in [-0.2, 0) is 64.6 Å². The lowest BCUT2D eigenvalue weighted by molar-refractivity contribution is -0.143. The average Bonchev–Trinajstić information content (AvgIpc) is 3.03. The molecule has 0 aliphatic rings. The quantitative estimate of drug-likeness (QED) is 0.0714. The first-order valence-electron chi connectivity index (χ1n) is 17.7. The third kappa shape index (κ3) is 13.0. The van der Waals surface area contributed by atoms with Gasteiger partial charge in [-0.2, -0.15) is 0 Å². The minimum absolute atomic E-state index is 0.144. The average molecular weight is 699 g/mol. The predicted molar refractivity (Wildman–Crippen MR) is 191 cm³/mol. The fraction of sp³-hybridized carbons (Fsp3) is 0.600. The van der Waals surface area contributed by atoms with E-state index in [1.807, 2.05) is 41.5 Å². The van der Waals surface area contributed by atoms with Crippen molar-refractivity contribution >= 4 is 23.9 Å². The highest BCUT2D eigenvalue weighted by Crippen LogP contribution is 2.36. The maximum Gasteiger partial charge on any atom is 0.302 e. The number of carbonyl (C=O) groups is 4. The van der Waals surface area contributed by atoms with Gasteiger partial charge < -0.3 is 28.4 Å². The highest BCUT2D eigenvalue weighted by atomic mass is 16.5. The lowest BCUT2D eigenvalue weighted by atomic mass is 9.92. The maximum absolute atomic E-state index is 11.5. The van der Waals surface area contributed by atoms with Gasteiger partial charge in [0.15, 0.2) is 0 Å². The zero-order chi connectivity index (χ0) is 37.4. The van der Waals surface area contributed by atoms with Gasteiger partial charge in [-0.1, -0.05) is 38.5 Å². The Morgan fingerprint density at radius 3 is 0.800 bits per heavy atom. The summed E-state index contributed by atoms with van der Waals surface area (Å²) >= 11 is 0. The van der Waals surface area contributed by atoms with Crippen LogP contribution in [0.3, 0.4) is 0 Å². The van der Waals surface area contributed by atoms with Crippen molar-refractivity contribution in [2.75, 3.05) is 13.2 Å². The van der Waals surface area contributed by atoms with Crippen LogP contribution in [0.2, 0.25) is 0 Å². The molecule has 0 fully saturated rings. The van der Waals surface area contributed by atoms with E-state index in [0.29, 0.717) is 13.2 Å². The number of rotatable bonds is 21. The summed E-state index contributed by atoms with van der Waals surface area (Å²) in [6, 6.07) is 0. The molecule has 50 heavy (non-hydrogen) atoms. The van der Waals surface area contributed by atoms with Crippen LogP contribution >= 0.6 is 0 Å². The predicted octanol–water partition coefficient (Wildman–Crippen LogP) is 8.37. The van der Waals surface area contributed by atoms with Gasteiger partial charge in [-0.05, 0) is 110 Å². The van der Waals surface area contributed by atoms with Crippen LogP contribution in [0.1, 0.15) is 135 Å². The van der Waals surface area contributed by atoms with E-state index < -0.39 is 0 Å². The smallest absolute Gasteiger partial charge is 0.302 e. The van der Waals surface area contributed by atoms with Gasteiger partial charge in [0.05, 0.1) is 13.2 Å². The molecule has 0 unspecified atom stereocenters. The van der Waals surface area contributed by atoms with Crippen molar-refractivity contribution in [1.29, 1.82) is 0 Å². The zero-order valence-corrected chi connectivity index (χ0v) is 32.0. The number of hydrogen-bond donors (Lipinski definition) is 0. The van der Waals surface area contributed by atoms with Crippen LogP contribution in [0.4, 0.5) is 0 Å². The second-order valence-electron chi connectivity index (χ2n) is 13.0. The van der Waals surface area contributed by atoms with E-state index in [1.165, 1.54) is 27.7 Å². The molecular formula is C40H58O10. The Morgan fingerprint density at radius 1 is 0.360 bits per heavy atom. The van der Waals surface area contributed by atoms with E-state index in [0.717, 1.165) is 119 Å². The van der Waals surface area contributed by atoms with Gasteiger partial charge in [0.2, 0.25) is 0 Å². The minimum atomic E-state index is -0.352. The first-order chi connectivity index (χ1) is 23.7. The number of esters is 4. The van der Waals surface area contributed by atoms with Crippen molar-refractivity contribution in [3.63, 3.8) is 0 Å². The molecule has 2 aromatic carbocycles. The minimum Gasteiger partial charge on any atom is -0.493 e. The first kappa shape index (κ1) is 42.1. The Morgan fingerprint density at radius 2 is 0.580 bits per heavy atom. The molecule has 10 nitrogen and oxygen atoms in total. The van der Waals surface area contributed by atoms with E-state index in [4.69, 9.17) is 28.4 Å². The van der Waals surface area contributed by atoms with Crippen LogP contribution in [0, 0.1) is 41.5 Å². The Balaban J connectivity index is 1.82. The van der Waals surface area contributed by atoms with Gasteiger partial charge in [-0.3, -0.25) is 19.2 Å². The summed E-state index contributed by atoms with van der Waals surface area (Å²) < 4.78 is 33.8. The molecule has 0 bridgehead atoms. The molecule has 0 aliphatic carbocycles. The second kappa shape index (κ2) is 21.2. The number of hydrogen-bond acceptors (Lipinski definition) is 10. The van der Waals surface area contributed by atoms with Crippen LogP contribution in [0.5, 0.6) is 11.5 Å². The molecule has 10 heteroatoms. The maximum atomic E-state index is 11.5. The first-order valence-corrected chi connectivity index (χ1v) is 17.7. The normalized spacial score (nSPS) is 10.8. The molecule has 0 aliphatic heterocycles. The van der Waals surface area contributed by atoms with E-state index in [-0.39, 0.29) is 50.3 Å². The lowest BCUT2D eigenvalue weighted by Crippen LogP contribution is -2.12. The van der Waals surface area contributed by atoms with Crippen molar-refractivity contribution in [3.8, 4) is 11.5 Å². The van der Waals surface area contributed by atoms with E-state index in [1.54, 1.807) is 0 Å². The van der Waals surface area contributed by atoms with Gasteiger partial charge in [0, 0.05) is 27.7 Å². The Hall–Kier alpha value is -4.08. The monoisotopic (exact) mass is 698 g/mol. The molecule has 0 radical (unpaired) electrons. The fourth-order valence-electron chi connectivity index (χ4n) is 6.21. The van der Waals surface area contributed by atoms with Gasteiger partial charge in [-0.15, -0.1) is 0 Å². The van der Waals surface area contributed by atoms with Crippen LogP contribution in [0.25, 0.3) is 0 Å². The summed E-state index contributed by atoms with van der Waals surface area (Å²) in [6.45, 7) is 19.1. The molecule has 278 valence electrons. The molecule has 0 heterocycles. The molecule has 0 atom stereocenters. The third-order valence-electron chi connectivity index (χ3n) is 9.19. The topological polar surface area (TPSA) is 124 Å². The summed E-state index contributed by atoms with van der Waals surface area (Å²) in [5.41, 5.74) is 9.16. The molecule has 2 aromatic rings. The third-order valence-corrected chi connectivity index (χ3v) is 9.19. The van der Waals surface area contributed by atoms with Gasteiger partial charge in [0.1, 0.15) is 37.9 Å². The molecule has 2 rings (SSSR count). The van der Waals surface area contributed by atoms with Crippen molar-refractivity contribution < 1.29 is 47.6 Å². The van der Waals surface area contributed by atoms with Crippen molar-refractivity contribution in [2.24, 2.45) is 0 Å². The fourth-order valence-corrected chi connectivity index (χ4v) is 6.21.